The van der Waals surface area contributed by atoms with Gasteiger partial charge in [0.25, 0.3) is 0 Å². The number of carbonyl (C=O) groups is 2. The lowest BCUT2D eigenvalue weighted by atomic mass is 10.2. The first-order valence-corrected chi connectivity index (χ1v) is 8.97. The highest BCUT2D eigenvalue weighted by Crippen LogP contribution is 2.24. The third-order valence-corrected chi connectivity index (χ3v) is 4.69. The first-order chi connectivity index (χ1) is 13.2. The number of H-pyrrole nitrogens is 1. The van der Waals surface area contributed by atoms with Gasteiger partial charge in [0, 0.05) is 30.1 Å². The number of benzene rings is 2. The molecule has 1 unspecified atom stereocenters. The van der Waals surface area contributed by atoms with Crippen LogP contribution < -0.4 is 0 Å². The van der Waals surface area contributed by atoms with Crippen molar-refractivity contribution in [3.05, 3.63) is 71.9 Å². The van der Waals surface area contributed by atoms with E-state index in [9.17, 15) is 9.59 Å². The topological polar surface area (TPSA) is 71.6 Å². The van der Waals surface area contributed by atoms with Crippen molar-refractivity contribution in [3.8, 4) is 0 Å². The van der Waals surface area contributed by atoms with E-state index in [-0.39, 0.29) is 6.61 Å². The Kier molecular flexibility index (Phi) is 4.78. The second-order valence-corrected chi connectivity index (χ2v) is 6.48. The van der Waals surface area contributed by atoms with Crippen LogP contribution in [0.5, 0.6) is 0 Å². The number of carbonyl (C=O) groups excluding carboxylic acids is 2. The van der Waals surface area contributed by atoms with Crippen LogP contribution in [0.3, 0.4) is 0 Å². The van der Waals surface area contributed by atoms with Gasteiger partial charge in [0.2, 0.25) is 0 Å². The number of rotatable bonds is 4. The minimum absolute atomic E-state index is 0.194. The average Bonchev–Trinajstić information content (AvgIpc) is 3.34. The molecule has 1 amide bonds. The molecule has 1 aliphatic heterocycles. The number of hydrogen-bond acceptors (Lipinski definition) is 4. The van der Waals surface area contributed by atoms with Crippen molar-refractivity contribution in [2.45, 2.75) is 25.7 Å². The van der Waals surface area contributed by atoms with Gasteiger partial charge in [-0.05, 0) is 18.1 Å². The van der Waals surface area contributed by atoms with E-state index >= 15 is 0 Å². The molecule has 27 heavy (non-hydrogen) atoms. The lowest BCUT2D eigenvalue weighted by Crippen LogP contribution is -2.38. The van der Waals surface area contributed by atoms with Gasteiger partial charge >= 0.3 is 12.1 Å². The number of likely N-dealkylation sites (tertiary alicyclic amines) is 1. The van der Waals surface area contributed by atoms with Crippen LogP contribution in [0.25, 0.3) is 10.9 Å². The summed E-state index contributed by atoms with van der Waals surface area (Å²) < 4.78 is 11.0. The number of esters is 1. The Bertz CT molecular complexity index is 951. The van der Waals surface area contributed by atoms with Crippen LogP contribution in [0.4, 0.5) is 4.79 Å². The summed E-state index contributed by atoms with van der Waals surface area (Å²) in [7, 11) is 0. The summed E-state index contributed by atoms with van der Waals surface area (Å²) in [6.45, 7) is 0.707. The first-order valence-electron chi connectivity index (χ1n) is 8.97. The molecule has 1 aliphatic rings. The third kappa shape index (κ3) is 3.65. The van der Waals surface area contributed by atoms with Gasteiger partial charge in [-0.2, -0.15) is 0 Å². The molecule has 0 bridgehead atoms. The predicted octanol–water partition coefficient (Wildman–Crippen LogP) is 4.08. The number of hydrogen-bond donors (Lipinski definition) is 1. The van der Waals surface area contributed by atoms with E-state index in [1.807, 2.05) is 54.6 Å². The number of para-hydroxylation sites is 1. The van der Waals surface area contributed by atoms with Crippen LogP contribution in [0.15, 0.2) is 60.8 Å². The molecule has 2 heterocycles. The summed E-state index contributed by atoms with van der Waals surface area (Å²) in [4.78, 5) is 29.6. The van der Waals surface area contributed by atoms with Gasteiger partial charge in [-0.1, -0.05) is 48.5 Å². The highest BCUT2D eigenvalue weighted by molar-refractivity contribution is 6.04. The zero-order valence-corrected chi connectivity index (χ0v) is 14.8. The second-order valence-electron chi connectivity index (χ2n) is 6.48. The molecule has 2 aromatic carbocycles. The molecule has 0 aliphatic carbocycles. The van der Waals surface area contributed by atoms with Gasteiger partial charge in [-0.25, -0.2) is 9.59 Å². The lowest BCUT2D eigenvalue weighted by molar-refractivity contribution is -0.0147. The van der Waals surface area contributed by atoms with Crippen LogP contribution in [0.1, 0.15) is 28.8 Å². The fourth-order valence-corrected chi connectivity index (χ4v) is 3.30. The average molecular weight is 364 g/mol. The molecule has 0 saturated carbocycles. The Hall–Kier alpha value is -3.28. The molecule has 138 valence electrons. The molecular formula is C21H20N2O4. The summed E-state index contributed by atoms with van der Waals surface area (Å²) in [6.07, 6.45) is 1.95. The number of amides is 1. The molecule has 6 heteroatoms. The molecule has 1 fully saturated rings. The van der Waals surface area contributed by atoms with E-state index in [1.165, 1.54) is 4.90 Å². The minimum atomic E-state index is -0.602. The molecule has 1 N–H and O–H groups in total. The van der Waals surface area contributed by atoms with Crippen molar-refractivity contribution in [2.75, 3.05) is 6.54 Å². The Morgan fingerprint density at radius 2 is 1.85 bits per heavy atom. The summed E-state index contributed by atoms with van der Waals surface area (Å²) in [5, 5.41) is 0.804. The van der Waals surface area contributed by atoms with Crippen LogP contribution in [0, 0.1) is 0 Å². The monoisotopic (exact) mass is 364 g/mol. The summed E-state index contributed by atoms with van der Waals surface area (Å²) in [5.41, 5.74) is 2.25. The van der Waals surface area contributed by atoms with Crippen molar-refractivity contribution >= 4 is 23.0 Å². The number of nitrogens with one attached hydrogen (secondary N) is 1. The normalized spacial score (nSPS) is 16.4. The molecule has 3 aromatic rings. The zero-order valence-electron chi connectivity index (χ0n) is 14.8. The van der Waals surface area contributed by atoms with E-state index in [4.69, 9.17) is 9.47 Å². The maximum atomic E-state index is 12.6. The Morgan fingerprint density at radius 3 is 2.70 bits per heavy atom. The zero-order chi connectivity index (χ0) is 18.6. The molecule has 0 radical (unpaired) electrons. The van der Waals surface area contributed by atoms with Gasteiger partial charge in [0.15, 0.2) is 6.23 Å². The summed E-state index contributed by atoms with van der Waals surface area (Å²) in [6, 6.07) is 17.0. The maximum absolute atomic E-state index is 12.6. The van der Waals surface area contributed by atoms with Crippen molar-refractivity contribution in [2.24, 2.45) is 0 Å². The first kappa shape index (κ1) is 17.1. The van der Waals surface area contributed by atoms with Crippen molar-refractivity contribution in [1.29, 1.82) is 0 Å². The van der Waals surface area contributed by atoms with Crippen LogP contribution >= 0.6 is 0 Å². The van der Waals surface area contributed by atoms with Crippen LogP contribution in [-0.4, -0.2) is 34.7 Å². The standard InChI is InChI=1S/C21H20N2O4/c24-20(17-13-22-18-10-5-4-9-16(17)18)27-19-11-6-12-23(19)21(25)26-14-15-7-2-1-3-8-15/h1-5,7-10,13,19,22H,6,11-12,14H2. The largest absolute Gasteiger partial charge is 0.444 e. The van der Waals surface area contributed by atoms with Gasteiger partial charge < -0.3 is 14.5 Å². The van der Waals surface area contributed by atoms with Crippen LogP contribution in [0.2, 0.25) is 0 Å². The highest BCUT2D eigenvalue weighted by atomic mass is 16.6. The van der Waals surface area contributed by atoms with E-state index in [0.29, 0.717) is 18.5 Å². The van der Waals surface area contributed by atoms with Gasteiger partial charge in [-0.3, -0.25) is 4.90 Å². The van der Waals surface area contributed by atoms with E-state index in [1.54, 1.807) is 6.20 Å². The molecule has 6 nitrogen and oxygen atoms in total. The molecular weight excluding hydrogens is 344 g/mol. The van der Waals surface area contributed by atoms with Crippen molar-refractivity contribution in [3.63, 3.8) is 0 Å². The van der Waals surface area contributed by atoms with Gasteiger partial charge in [0.05, 0.1) is 5.56 Å². The Balaban J connectivity index is 1.40. The summed E-state index contributed by atoms with van der Waals surface area (Å²) in [5.74, 6) is -0.444. The SMILES string of the molecule is O=C(OC1CCCN1C(=O)OCc1ccccc1)c1c[nH]c2ccccc12. The third-order valence-electron chi connectivity index (χ3n) is 4.69. The highest BCUT2D eigenvalue weighted by Gasteiger charge is 2.33. The van der Waals surface area contributed by atoms with Crippen molar-refractivity contribution in [1.82, 2.24) is 9.88 Å². The summed E-state index contributed by atoms with van der Waals surface area (Å²) >= 11 is 0. The van der Waals surface area contributed by atoms with Crippen LogP contribution in [-0.2, 0) is 16.1 Å². The Labute approximate surface area is 156 Å². The molecule has 4 rings (SSSR count). The van der Waals surface area contributed by atoms with E-state index < -0.39 is 18.3 Å². The lowest BCUT2D eigenvalue weighted by Gasteiger charge is -2.23. The fourth-order valence-electron chi connectivity index (χ4n) is 3.30. The Morgan fingerprint density at radius 1 is 1.07 bits per heavy atom. The number of ether oxygens (including phenoxy) is 2. The molecule has 0 spiro atoms. The van der Waals surface area contributed by atoms with E-state index in [0.717, 1.165) is 22.9 Å². The smallest absolute Gasteiger partial charge is 0.413 e. The maximum Gasteiger partial charge on any atom is 0.413 e. The molecule has 1 saturated heterocycles. The van der Waals surface area contributed by atoms with E-state index in [2.05, 4.69) is 4.98 Å². The number of aromatic amines is 1. The second kappa shape index (κ2) is 7.53. The molecule has 1 atom stereocenters. The number of nitrogens with zero attached hydrogens (tertiary/aromatic N) is 1. The van der Waals surface area contributed by atoms with Crippen molar-refractivity contribution < 1.29 is 19.1 Å². The number of fused-ring (bicyclic) bond motifs is 1. The quantitative estimate of drug-likeness (QED) is 0.708. The molecule has 1 aromatic heterocycles. The predicted molar refractivity (Wildman–Crippen MR) is 100 cm³/mol. The fraction of sp³-hybridized carbons (Fsp3) is 0.238. The van der Waals surface area contributed by atoms with Gasteiger partial charge in [-0.15, -0.1) is 0 Å². The van der Waals surface area contributed by atoms with Gasteiger partial charge in [0.1, 0.15) is 6.61 Å². The minimum Gasteiger partial charge on any atom is -0.444 e. The number of aromatic nitrogens is 1.